The molecule has 0 aliphatic heterocycles. The molecule has 4 rings (SSSR count). The minimum atomic E-state index is -4.49. The number of para-hydroxylation sites is 1. The first-order valence-corrected chi connectivity index (χ1v) is 10.8. The maximum Gasteiger partial charge on any atom is 0.416 e. The molecular formula is C26H22F3N3O2. The number of aliphatic carboxylic acids is 1. The molecule has 174 valence electrons. The molecule has 8 heteroatoms. The molecule has 0 atom stereocenters. The Morgan fingerprint density at radius 2 is 1.62 bits per heavy atom. The summed E-state index contributed by atoms with van der Waals surface area (Å²) in [6.07, 6.45) is -3.94. The smallest absolute Gasteiger partial charge is 0.416 e. The molecule has 0 saturated heterocycles. The van der Waals surface area contributed by atoms with E-state index in [1.807, 2.05) is 47.4 Å². The van der Waals surface area contributed by atoms with E-state index < -0.39 is 17.7 Å². The number of nitrogens with zero attached hydrogens (tertiary/aromatic N) is 3. The predicted molar refractivity (Wildman–Crippen MR) is 125 cm³/mol. The van der Waals surface area contributed by atoms with Gasteiger partial charge in [0.25, 0.3) is 0 Å². The number of benzene rings is 3. The van der Waals surface area contributed by atoms with Crippen molar-refractivity contribution in [2.24, 2.45) is 0 Å². The van der Waals surface area contributed by atoms with Gasteiger partial charge in [0.2, 0.25) is 0 Å². The molecule has 0 aliphatic carbocycles. The molecule has 1 aromatic heterocycles. The van der Waals surface area contributed by atoms with Gasteiger partial charge in [0, 0.05) is 24.0 Å². The lowest BCUT2D eigenvalue weighted by atomic mass is 10.1. The fraction of sp³-hybridized carbons (Fsp3) is 0.192. The Hall–Kier alpha value is -3.94. The fourth-order valence-corrected chi connectivity index (χ4v) is 3.73. The van der Waals surface area contributed by atoms with E-state index in [9.17, 15) is 23.1 Å². The highest BCUT2D eigenvalue weighted by Crippen LogP contribution is 2.33. The van der Waals surface area contributed by atoms with E-state index in [0.717, 1.165) is 17.7 Å². The van der Waals surface area contributed by atoms with E-state index in [4.69, 9.17) is 0 Å². The first kappa shape index (κ1) is 23.2. The van der Waals surface area contributed by atoms with Crippen LogP contribution in [0, 0.1) is 0 Å². The van der Waals surface area contributed by atoms with Gasteiger partial charge < -0.3 is 10.0 Å². The van der Waals surface area contributed by atoms with E-state index in [1.54, 1.807) is 12.1 Å². The first-order valence-electron chi connectivity index (χ1n) is 10.8. The summed E-state index contributed by atoms with van der Waals surface area (Å²) in [4.78, 5) is 22.3. The number of alkyl halides is 3. The van der Waals surface area contributed by atoms with Crippen LogP contribution in [-0.2, 0) is 17.4 Å². The van der Waals surface area contributed by atoms with E-state index in [0.29, 0.717) is 29.7 Å². The molecule has 1 heterocycles. The van der Waals surface area contributed by atoms with E-state index in [2.05, 4.69) is 9.97 Å². The lowest BCUT2D eigenvalue weighted by molar-refractivity contribution is -0.138. The number of halogens is 3. The van der Waals surface area contributed by atoms with Crippen molar-refractivity contribution in [2.45, 2.75) is 19.0 Å². The van der Waals surface area contributed by atoms with Gasteiger partial charge >= 0.3 is 12.1 Å². The van der Waals surface area contributed by atoms with Crippen molar-refractivity contribution in [1.82, 2.24) is 9.97 Å². The average Bonchev–Trinajstić information content (AvgIpc) is 2.83. The van der Waals surface area contributed by atoms with Crippen LogP contribution in [0.15, 0.2) is 78.9 Å². The number of hydrogen-bond acceptors (Lipinski definition) is 4. The number of hydrogen-bond donors (Lipinski definition) is 1. The normalized spacial score (nSPS) is 11.5. The summed E-state index contributed by atoms with van der Waals surface area (Å²) in [6.45, 7) is 0.686. The highest BCUT2D eigenvalue weighted by atomic mass is 19.4. The maximum atomic E-state index is 13.3. The number of aromatic nitrogens is 2. The Morgan fingerprint density at radius 3 is 2.35 bits per heavy atom. The summed E-state index contributed by atoms with van der Waals surface area (Å²) in [5.41, 5.74) is 1.11. The minimum absolute atomic E-state index is 0.105. The number of anilines is 1. The van der Waals surface area contributed by atoms with Gasteiger partial charge in [-0.3, -0.25) is 4.79 Å². The van der Waals surface area contributed by atoms with Crippen molar-refractivity contribution < 1.29 is 23.1 Å². The lowest BCUT2D eigenvalue weighted by Crippen LogP contribution is -2.29. The van der Waals surface area contributed by atoms with Crippen LogP contribution < -0.4 is 4.90 Å². The average molecular weight is 465 g/mol. The van der Waals surface area contributed by atoms with Gasteiger partial charge in [-0.2, -0.15) is 13.2 Å². The number of rotatable bonds is 8. The van der Waals surface area contributed by atoms with Gasteiger partial charge in [0.05, 0.1) is 17.5 Å². The third kappa shape index (κ3) is 5.51. The molecule has 4 aromatic rings. The SMILES string of the molecule is O=C(O)CCN(CCc1ccccc1)c1nc(-c2cccc(C(F)(F)F)c2)nc2ccccc12. The molecule has 5 nitrogen and oxygen atoms in total. The van der Waals surface area contributed by atoms with Crippen molar-refractivity contribution in [3.63, 3.8) is 0 Å². The van der Waals surface area contributed by atoms with Crippen molar-refractivity contribution in [1.29, 1.82) is 0 Å². The monoisotopic (exact) mass is 465 g/mol. The van der Waals surface area contributed by atoms with Crippen LogP contribution in [0.25, 0.3) is 22.3 Å². The van der Waals surface area contributed by atoms with Gasteiger partial charge in [-0.25, -0.2) is 9.97 Å². The zero-order chi connectivity index (χ0) is 24.1. The summed E-state index contributed by atoms with van der Waals surface area (Å²) in [5.74, 6) is -0.295. The fourth-order valence-electron chi connectivity index (χ4n) is 3.73. The molecule has 0 saturated carbocycles. The lowest BCUT2D eigenvalue weighted by Gasteiger charge is -2.25. The van der Waals surface area contributed by atoms with E-state index >= 15 is 0 Å². The Bertz CT molecular complexity index is 1290. The van der Waals surface area contributed by atoms with Gasteiger partial charge in [-0.1, -0.05) is 54.6 Å². The van der Waals surface area contributed by atoms with Crippen LogP contribution in [0.1, 0.15) is 17.5 Å². The Kier molecular flexibility index (Phi) is 6.77. The van der Waals surface area contributed by atoms with Crippen LogP contribution >= 0.6 is 0 Å². The Morgan fingerprint density at radius 1 is 0.882 bits per heavy atom. The zero-order valence-corrected chi connectivity index (χ0v) is 18.2. The summed E-state index contributed by atoms with van der Waals surface area (Å²) in [7, 11) is 0. The molecule has 0 aliphatic rings. The largest absolute Gasteiger partial charge is 0.481 e. The van der Waals surface area contributed by atoms with Crippen molar-refractivity contribution in [3.05, 3.63) is 90.0 Å². The third-order valence-corrected chi connectivity index (χ3v) is 5.44. The quantitative estimate of drug-likeness (QED) is 0.354. The molecule has 0 spiro atoms. The molecule has 0 radical (unpaired) electrons. The predicted octanol–water partition coefficient (Wildman–Crippen LogP) is 5.84. The topological polar surface area (TPSA) is 66.3 Å². The van der Waals surface area contributed by atoms with Crippen molar-refractivity contribution in [3.8, 4) is 11.4 Å². The first-order chi connectivity index (χ1) is 16.3. The van der Waals surface area contributed by atoms with Gasteiger partial charge in [-0.05, 0) is 36.2 Å². The number of carboxylic acids is 1. The summed E-state index contributed by atoms with van der Waals surface area (Å²) in [5, 5.41) is 9.99. The highest BCUT2D eigenvalue weighted by Gasteiger charge is 2.30. The summed E-state index contributed by atoms with van der Waals surface area (Å²) in [6, 6.07) is 21.9. The van der Waals surface area contributed by atoms with Crippen LogP contribution in [0.5, 0.6) is 0 Å². The second kappa shape index (κ2) is 9.91. The highest BCUT2D eigenvalue weighted by molar-refractivity contribution is 5.91. The van der Waals surface area contributed by atoms with Crippen LogP contribution in [0.2, 0.25) is 0 Å². The number of carboxylic acid groups (broad SMARTS) is 1. The minimum Gasteiger partial charge on any atom is -0.481 e. The summed E-state index contributed by atoms with van der Waals surface area (Å²) < 4.78 is 39.8. The molecule has 0 amide bonds. The van der Waals surface area contributed by atoms with Crippen LogP contribution in [-0.4, -0.2) is 34.1 Å². The van der Waals surface area contributed by atoms with Crippen molar-refractivity contribution in [2.75, 3.05) is 18.0 Å². The summed E-state index contributed by atoms with van der Waals surface area (Å²) >= 11 is 0. The van der Waals surface area contributed by atoms with Gasteiger partial charge in [-0.15, -0.1) is 0 Å². The molecule has 34 heavy (non-hydrogen) atoms. The van der Waals surface area contributed by atoms with Crippen LogP contribution in [0.4, 0.5) is 19.0 Å². The van der Waals surface area contributed by atoms with E-state index in [-0.39, 0.29) is 24.4 Å². The maximum absolute atomic E-state index is 13.3. The Balaban J connectivity index is 1.78. The molecular weight excluding hydrogens is 443 g/mol. The zero-order valence-electron chi connectivity index (χ0n) is 18.2. The third-order valence-electron chi connectivity index (χ3n) is 5.44. The van der Waals surface area contributed by atoms with Gasteiger partial charge in [0.1, 0.15) is 5.82 Å². The van der Waals surface area contributed by atoms with Crippen LogP contribution in [0.3, 0.4) is 0 Å². The van der Waals surface area contributed by atoms with Crippen molar-refractivity contribution >= 4 is 22.7 Å². The standard InChI is InChI=1S/C26H22F3N3O2/c27-26(28,29)20-10-6-9-19(17-20)24-30-22-12-5-4-11-21(22)25(31-24)32(16-14-23(33)34)15-13-18-7-2-1-3-8-18/h1-12,17H,13-16H2,(H,33,34). The number of carbonyl (C=O) groups is 1. The molecule has 0 fully saturated rings. The Labute approximate surface area is 194 Å². The van der Waals surface area contributed by atoms with E-state index in [1.165, 1.54) is 12.1 Å². The second-order valence-electron chi connectivity index (χ2n) is 7.83. The molecule has 0 unspecified atom stereocenters. The molecule has 0 bridgehead atoms. The molecule has 1 N–H and O–H groups in total. The number of fused-ring (bicyclic) bond motifs is 1. The van der Waals surface area contributed by atoms with Gasteiger partial charge in [0.15, 0.2) is 5.82 Å². The molecule has 3 aromatic carbocycles. The second-order valence-corrected chi connectivity index (χ2v) is 7.83.